The van der Waals surface area contributed by atoms with Gasteiger partial charge in [0.2, 0.25) is 0 Å². The Bertz CT molecular complexity index is 1780. The van der Waals surface area contributed by atoms with E-state index >= 15 is 0 Å². The van der Waals surface area contributed by atoms with E-state index < -0.39 is 5.92 Å². The summed E-state index contributed by atoms with van der Waals surface area (Å²) >= 11 is 0. The summed E-state index contributed by atoms with van der Waals surface area (Å²) in [6, 6.07) is 13.1. The van der Waals surface area contributed by atoms with E-state index in [1.807, 2.05) is 80.6 Å². The summed E-state index contributed by atoms with van der Waals surface area (Å²) in [6.07, 6.45) is 12.7. The van der Waals surface area contributed by atoms with Gasteiger partial charge in [-0.25, -0.2) is 9.99 Å². The van der Waals surface area contributed by atoms with E-state index in [2.05, 4.69) is 15.4 Å². The Morgan fingerprint density at radius 2 is 1.77 bits per heavy atom. The van der Waals surface area contributed by atoms with Gasteiger partial charge in [-0.05, 0) is 94.9 Å². The third-order valence-electron chi connectivity index (χ3n) is 7.57. The topological polar surface area (TPSA) is 117 Å². The number of aliphatic hydroxyl groups excluding tert-OH is 2. The Morgan fingerprint density at radius 3 is 2.49 bits per heavy atom. The lowest BCUT2D eigenvalue weighted by molar-refractivity contribution is -0.120. The van der Waals surface area contributed by atoms with Crippen LogP contribution in [0.15, 0.2) is 90.9 Å². The molecule has 0 radical (unpaired) electrons. The Kier molecular flexibility index (Phi) is 7.91. The zero-order valence-electron chi connectivity index (χ0n) is 23.9. The van der Waals surface area contributed by atoms with Gasteiger partial charge in [-0.3, -0.25) is 15.2 Å². The van der Waals surface area contributed by atoms with E-state index in [4.69, 9.17) is 9.47 Å². The summed E-state index contributed by atoms with van der Waals surface area (Å²) in [4.78, 5) is 22.7. The molecule has 2 aliphatic rings. The van der Waals surface area contributed by atoms with Gasteiger partial charge in [0.1, 0.15) is 0 Å². The number of hydrogen-bond acceptors (Lipinski definition) is 8. The van der Waals surface area contributed by atoms with E-state index in [-0.39, 0.29) is 19.1 Å². The molecule has 4 aromatic rings. The lowest BCUT2D eigenvalue weighted by atomic mass is 9.88. The quantitative estimate of drug-likeness (QED) is 0.253. The maximum Gasteiger partial charge on any atom is 0.258 e. The van der Waals surface area contributed by atoms with E-state index in [0.29, 0.717) is 52.8 Å². The first-order valence-electron chi connectivity index (χ1n) is 14.2. The Morgan fingerprint density at radius 1 is 0.953 bits per heavy atom. The number of aliphatic hydroxyl groups is 2. The number of aromatic nitrogens is 2. The zero-order valence-corrected chi connectivity index (χ0v) is 23.9. The summed E-state index contributed by atoms with van der Waals surface area (Å²) in [5, 5.41) is 23.9. The van der Waals surface area contributed by atoms with Crippen molar-refractivity contribution in [3.63, 3.8) is 0 Å². The van der Waals surface area contributed by atoms with Crippen molar-refractivity contribution in [2.24, 2.45) is 5.92 Å². The normalized spacial score (nSPS) is 16.0. The van der Waals surface area contributed by atoms with Crippen molar-refractivity contribution in [2.45, 2.75) is 27.1 Å². The molecule has 1 unspecified atom stereocenters. The Hall–Kier alpha value is -4.99. The van der Waals surface area contributed by atoms with Crippen LogP contribution in [0.1, 0.15) is 30.5 Å². The number of allylic oxidation sites excluding steroid dienone is 3. The number of ether oxygens (including phenoxy) is 2. The molecule has 0 saturated heterocycles. The van der Waals surface area contributed by atoms with Crippen molar-refractivity contribution < 1.29 is 24.5 Å². The van der Waals surface area contributed by atoms with E-state index in [1.165, 1.54) is 5.01 Å². The lowest BCUT2D eigenvalue weighted by Crippen LogP contribution is -2.50. The van der Waals surface area contributed by atoms with Crippen LogP contribution in [0, 0.1) is 5.92 Å². The maximum atomic E-state index is 13.8. The molecule has 2 aromatic carbocycles. The standard InChI is InChI=1S/C34H32N4O5/c1-3-42-29-15-23-14-24(19-39)28(20-40)32(27(23)17-30(29)43-4-2)21-11-13-36-31(16-21)38-34(41)26-10-6-5-9-25(26)33(37-38)22-8-7-12-35-18-22/h5-18,26,37,39-40H,3-4,19-20H2,1-2H3. The van der Waals surface area contributed by atoms with Gasteiger partial charge in [-0.15, -0.1) is 0 Å². The number of hydrogen-bond donors (Lipinski definition) is 3. The van der Waals surface area contributed by atoms with Gasteiger partial charge < -0.3 is 19.7 Å². The van der Waals surface area contributed by atoms with Crippen LogP contribution >= 0.6 is 0 Å². The third-order valence-corrected chi connectivity index (χ3v) is 7.57. The molecule has 6 rings (SSSR count). The first kappa shape index (κ1) is 28.1. The number of anilines is 1. The van der Waals surface area contributed by atoms with Crippen LogP contribution in [0.2, 0.25) is 0 Å². The molecule has 0 spiro atoms. The molecular formula is C34H32N4O5. The highest BCUT2D eigenvalue weighted by Crippen LogP contribution is 2.42. The highest BCUT2D eigenvalue weighted by molar-refractivity contribution is 6.04. The highest BCUT2D eigenvalue weighted by atomic mass is 16.5. The fraction of sp³-hybridized carbons (Fsp3) is 0.206. The molecule has 218 valence electrons. The molecule has 1 aliphatic carbocycles. The number of nitrogens with zero attached hydrogens (tertiary/aromatic N) is 3. The predicted molar refractivity (Wildman–Crippen MR) is 165 cm³/mol. The van der Waals surface area contributed by atoms with Crippen LogP contribution in [0.3, 0.4) is 0 Å². The third kappa shape index (κ3) is 5.13. The summed E-state index contributed by atoms with van der Waals surface area (Å²) in [7, 11) is 0. The van der Waals surface area contributed by atoms with Gasteiger partial charge in [-0.2, -0.15) is 0 Å². The lowest BCUT2D eigenvalue weighted by Gasteiger charge is -2.35. The number of hydrazine groups is 1. The summed E-state index contributed by atoms with van der Waals surface area (Å²) < 4.78 is 11.8. The molecule has 3 N–H and O–H groups in total. The van der Waals surface area contributed by atoms with Gasteiger partial charge in [0.25, 0.3) is 5.91 Å². The molecule has 0 saturated carbocycles. The van der Waals surface area contributed by atoms with Crippen molar-refractivity contribution in [3.05, 3.63) is 108 Å². The molecule has 2 aromatic heterocycles. The molecule has 9 nitrogen and oxygen atoms in total. The molecule has 43 heavy (non-hydrogen) atoms. The first-order chi connectivity index (χ1) is 21.1. The molecule has 1 atom stereocenters. The summed E-state index contributed by atoms with van der Waals surface area (Å²) in [5.41, 5.74) is 8.35. The van der Waals surface area contributed by atoms with Gasteiger partial charge in [-0.1, -0.05) is 24.3 Å². The van der Waals surface area contributed by atoms with Crippen LogP contribution in [-0.4, -0.2) is 39.3 Å². The average molecular weight is 577 g/mol. The molecule has 3 heterocycles. The second-order valence-electron chi connectivity index (χ2n) is 10.1. The van der Waals surface area contributed by atoms with E-state index in [9.17, 15) is 15.0 Å². The molecule has 1 amide bonds. The summed E-state index contributed by atoms with van der Waals surface area (Å²) in [5.74, 6) is 0.889. The fourth-order valence-corrected chi connectivity index (χ4v) is 5.67. The fourth-order valence-electron chi connectivity index (χ4n) is 5.67. The van der Waals surface area contributed by atoms with Crippen molar-refractivity contribution >= 4 is 28.2 Å². The van der Waals surface area contributed by atoms with Crippen molar-refractivity contribution in [2.75, 3.05) is 18.2 Å². The van der Waals surface area contributed by atoms with Crippen molar-refractivity contribution in [3.8, 4) is 22.6 Å². The Labute approximate surface area is 249 Å². The average Bonchev–Trinajstić information content (AvgIpc) is 3.05. The monoisotopic (exact) mass is 576 g/mol. The minimum Gasteiger partial charge on any atom is -0.490 e. The summed E-state index contributed by atoms with van der Waals surface area (Å²) in [6.45, 7) is 4.17. The highest BCUT2D eigenvalue weighted by Gasteiger charge is 2.35. The number of fused-ring (bicyclic) bond motifs is 2. The predicted octanol–water partition coefficient (Wildman–Crippen LogP) is 5.08. The molecule has 9 heteroatoms. The number of carbonyl (C=O) groups is 1. The SMILES string of the molecule is CCOc1cc2cc(CO)c(CO)c(-c3ccnc(N4NC(c5cccnc5)=C5C=CC=CC5C4=O)c3)c2cc1OCC. The number of pyridine rings is 2. The largest absolute Gasteiger partial charge is 0.490 e. The van der Waals surface area contributed by atoms with Crippen molar-refractivity contribution in [1.29, 1.82) is 0 Å². The molecule has 0 bridgehead atoms. The second-order valence-corrected chi connectivity index (χ2v) is 10.1. The number of amides is 1. The van der Waals surface area contributed by atoms with Crippen molar-refractivity contribution in [1.82, 2.24) is 15.4 Å². The molecule has 0 fully saturated rings. The van der Waals surface area contributed by atoms with E-state index in [0.717, 1.165) is 27.6 Å². The van der Waals surface area contributed by atoms with Crippen LogP contribution in [0.25, 0.3) is 27.6 Å². The number of nitrogens with one attached hydrogen (secondary N) is 1. The maximum absolute atomic E-state index is 13.8. The Balaban J connectivity index is 1.52. The van der Waals surface area contributed by atoms with Crippen LogP contribution in [0.4, 0.5) is 5.82 Å². The molecule has 1 aliphatic heterocycles. The minimum absolute atomic E-state index is 0.177. The molecular weight excluding hydrogens is 544 g/mol. The minimum atomic E-state index is -0.496. The number of benzene rings is 2. The number of rotatable bonds is 9. The smallest absolute Gasteiger partial charge is 0.258 e. The van der Waals surface area contributed by atoms with Gasteiger partial charge in [0.15, 0.2) is 17.3 Å². The van der Waals surface area contributed by atoms with Gasteiger partial charge >= 0.3 is 0 Å². The van der Waals surface area contributed by atoms with Gasteiger partial charge in [0, 0.05) is 24.2 Å². The van der Waals surface area contributed by atoms with Crippen LogP contribution < -0.4 is 19.9 Å². The van der Waals surface area contributed by atoms with Crippen LogP contribution in [-0.2, 0) is 18.0 Å². The number of carbonyl (C=O) groups excluding carboxylic acids is 1. The van der Waals surface area contributed by atoms with Crippen LogP contribution in [0.5, 0.6) is 11.5 Å². The first-order valence-corrected chi connectivity index (χ1v) is 14.2. The van der Waals surface area contributed by atoms with Gasteiger partial charge in [0.05, 0.1) is 38.0 Å². The second kappa shape index (κ2) is 12.1. The van der Waals surface area contributed by atoms with E-state index in [1.54, 1.807) is 18.6 Å². The zero-order chi connectivity index (χ0) is 29.9.